The van der Waals surface area contributed by atoms with E-state index in [2.05, 4.69) is 48.6 Å². The zero-order chi connectivity index (χ0) is 11.6. The molecule has 17 heavy (non-hydrogen) atoms. The predicted molar refractivity (Wildman–Crippen MR) is 73.7 cm³/mol. The Morgan fingerprint density at radius 3 is 1.65 bits per heavy atom. The van der Waals surface area contributed by atoms with Crippen molar-refractivity contribution in [2.24, 2.45) is 17.3 Å². The van der Waals surface area contributed by atoms with Crippen molar-refractivity contribution in [3.8, 4) is 0 Å². The van der Waals surface area contributed by atoms with Crippen molar-refractivity contribution in [2.75, 3.05) is 0 Å². The van der Waals surface area contributed by atoms with E-state index in [1.807, 2.05) is 0 Å². The van der Waals surface area contributed by atoms with E-state index in [0.717, 1.165) is 11.8 Å². The lowest BCUT2D eigenvalue weighted by molar-refractivity contribution is 0.167. The highest BCUT2D eigenvalue weighted by Crippen LogP contribution is 2.50. The van der Waals surface area contributed by atoms with Crippen LogP contribution in [0.1, 0.15) is 38.5 Å². The molecule has 0 nitrogen and oxygen atoms in total. The van der Waals surface area contributed by atoms with Gasteiger partial charge in [0.2, 0.25) is 0 Å². The van der Waals surface area contributed by atoms with Crippen LogP contribution < -0.4 is 0 Å². The Labute approximate surface area is 105 Å². The molecule has 0 radical (unpaired) electrons. The molecule has 2 atom stereocenters. The van der Waals surface area contributed by atoms with E-state index in [1.54, 1.807) is 0 Å². The third-order valence-electron chi connectivity index (χ3n) is 4.83. The monoisotopic (exact) mass is 226 g/mol. The van der Waals surface area contributed by atoms with Crippen molar-refractivity contribution in [3.05, 3.63) is 48.6 Å². The molecule has 0 aromatic heterocycles. The van der Waals surface area contributed by atoms with Gasteiger partial charge in [-0.3, -0.25) is 0 Å². The molecule has 0 fully saturated rings. The number of hydrogen-bond acceptors (Lipinski definition) is 0. The van der Waals surface area contributed by atoms with Crippen molar-refractivity contribution in [3.63, 3.8) is 0 Å². The van der Waals surface area contributed by atoms with Gasteiger partial charge >= 0.3 is 0 Å². The molecule has 0 amide bonds. The fourth-order valence-corrected chi connectivity index (χ4v) is 3.87. The van der Waals surface area contributed by atoms with E-state index >= 15 is 0 Å². The van der Waals surface area contributed by atoms with Crippen LogP contribution in [0.5, 0.6) is 0 Å². The van der Waals surface area contributed by atoms with Crippen LogP contribution in [0.2, 0.25) is 0 Å². The van der Waals surface area contributed by atoms with Gasteiger partial charge in [0.05, 0.1) is 0 Å². The molecular formula is C17H22. The van der Waals surface area contributed by atoms with Gasteiger partial charge in [0.1, 0.15) is 0 Å². The smallest absolute Gasteiger partial charge is 0.0130 e. The Hall–Kier alpha value is -1.04. The Kier molecular flexibility index (Phi) is 3.05. The fourth-order valence-electron chi connectivity index (χ4n) is 3.87. The van der Waals surface area contributed by atoms with E-state index < -0.39 is 0 Å². The first-order valence-corrected chi connectivity index (χ1v) is 7.09. The molecule has 3 rings (SSSR count). The predicted octanol–water partition coefficient (Wildman–Crippen LogP) is 4.81. The summed E-state index contributed by atoms with van der Waals surface area (Å²) >= 11 is 0. The Morgan fingerprint density at radius 1 is 0.706 bits per heavy atom. The number of rotatable bonds is 2. The van der Waals surface area contributed by atoms with E-state index in [9.17, 15) is 0 Å². The zero-order valence-electron chi connectivity index (χ0n) is 10.5. The van der Waals surface area contributed by atoms with Crippen LogP contribution in [-0.4, -0.2) is 0 Å². The number of hydrogen-bond donors (Lipinski definition) is 0. The average Bonchev–Trinajstić information content (AvgIpc) is 2.91. The maximum absolute atomic E-state index is 2.50. The molecule has 3 aliphatic rings. The number of allylic oxidation sites excluding steroid dienone is 8. The Bertz CT molecular complexity index is 343. The highest BCUT2D eigenvalue weighted by Gasteiger charge is 2.41. The summed E-state index contributed by atoms with van der Waals surface area (Å²) in [6.07, 6.45) is 26.9. The first-order chi connectivity index (χ1) is 8.42. The molecule has 0 aromatic rings. The van der Waals surface area contributed by atoms with Gasteiger partial charge in [0.25, 0.3) is 0 Å². The summed E-state index contributed by atoms with van der Waals surface area (Å²) in [4.78, 5) is 0. The minimum atomic E-state index is 0.371. The average molecular weight is 226 g/mol. The van der Waals surface area contributed by atoms with E-state index in [-0.39, 0.29) is 0 Å². The van der Waals surface area contributed by atoms with Crippen LogP contribution in [-0.2, 0) is 0 Å². The lowest BCUT2D eigenvalue weighted by atomic mass is 9.61. The van der Waals surface area contributed by atoms with Crippen molar-refractivity contribution < 1.29 is 0 Å². The molecule has 0 saturated carbocycles. The van der Waals surface area contributed by atoms with Gasteiger partial charge in [-0.15, -0.1) is 0 Å². The molecule has 2 unspecified atom stereocenters. The third-order valence-corrected chi connectivity index (χ3v) is 4.83. The lowest BCUT2D eigenvalue weighted by Gasteiger charge is -2.43. The molecule has 0 spiro atoms. The maximum atomic E-state index is 2.50. The van der Waals surface area contributed by atoms with Crippen LogP contribution in [0.25, 0.3) is 0 Å². The normalized spacial score (nSPS) is 34.4. The van der Waals surface area contributed by atoms with Gasteiger partial charge in [0, 0.05) is 5.41 Å². The first kappa shape index (κ1) is 11.1. The molecule has 0 heterocycles. The Morgan fingerprint density at radius 2 is 1.24 bits per heavy atom. The van der Waals surface area contributed by atoms with Gasteiger partial charge in [0.15, 0.2) is 0 Å². The summed E-state index contributed by atoms with van der Waals surface area (Å²) in [6, 6.07) is 0. The second kappa shape index (κ2) is 4.68. The molecule has 0 aliphatic heterocycles. The molecule has 0 N–H and O–H groups in total. The lowest BCUT2D eigenvalue weighted by Crippen LogP contribution is -2.35. The summed E-state index contributed by atoms with van der Waals surface area (Å²) in [5, 5.41) is 0. The van der Waals surface area contributed by atoms with Gasteiger partial charge in [-0.25, -0.2) is 0 Å². The topological polar surface area (TPSA) is 0 Å². The summed E-state index contributed by atoms with van der Waals surface area (Å²) < 4.78 is 0. The molecule has 3 aliphatic carbocycles. The van der Waals surface area contributed by atoms with Gasteiger partial charge in [-0.1, -0.05) is 48.6 Å². The minimum absolute atomic E-state index is 0.371. The highest BCUT2D eigenvalue weighted by molar-refractivity contribution is 5.29. The second-order valence-electron chi connectivity index (χ2n) is 5.68. The van der Waals surface area contributed by atoms with E-state index in [1.165, 1.54) is 38.5 Å². The summed E-state index contributed by atoms with van der Waals surface area (Å²) in [5.74, 6) is 1.66. The van der Waals surface area contributed by atoms with Gasteiger partial charge in [-0.05, 0) is 50.4 Å². The SMILES string of the molecule is C1=CC(C2CC=CCC2)(C2CC=CCC2)C=C1. The molecule has 90 valence electrons. The molecule has 0 bridgehead atoms. The van der Waals surface area contributed by atoms with Gasteiger partial charge < -0.3 is 0 Å². The molecule has 0 aromatic carbocycles. The molecular weight excluding hydrogens is 204 g/mol. The van der Waals surface area contributed by atoms with Crippen LogP contribution in [0, 0.1) is 17.3 Å². The van der Waals surface area contributed by atoms with Crippen molar-refractivity contribution in [1.82, 2.24) is 0 Å². The van der Waals surface area contributed by atoms with Crippen molar-refractivity contribution >= 4 is 0 Å². The molecule has 0 saturated heterocycles. The van der Waals surface area contributed by atoms with Crippen molar-refractivity contribution in [1.29, 1.82) is 0 Å². The first-order valence-electron chi connectivity index (χ1n) is 7.09. The third kappa shape index (κ3) is 1.94. The zero-order valence-corrected chi connectivity index (χ0v) is 10.5. The summed E-state index contributed by atoms with van der Waals surface area (Å²) in [6.45, 7) is 0. The van der Waals surface area contributed by atoms with E-state index in [0.29, 0.717) is 5.41 Å². The summed E-state index contributed by atoms with van der Waals surface area (Å²) in [7, 11) is 0. The highest BCUT2D eigenvalue weighted by atomic mass is 14.4. The minimum Gasteiger partial charge on any atom is -0.0885 e. The van der Waals surface area contributed by atoms with Crippen LogP contribution >= 0.6 is 0 Å². The fraction of sp³-hybridized carbons (Fsp3) is 0.529. The Balaban J connectivity index is 1.87. The standard InChI is InChI=1S/C17H22/c1-3-9-15(10-4-1)17(13-7-8-14-17)16-11-5-2-6-12-16/h1-3,5,7-8,13-16H,4,6,9-12H2. The van der Waals surface area contributed by atoms with Gasteiger partial charge in [-0.2, -0.15) is 0 Å². The molecule has 0 heteroatoms. The van der Waals surface area contributed by atoms with Crippen molar-refractivity contribution in [2.45, 2.75) is 38.5 Å². The summed E-state index contributed by atoms with van der Waals surface area (Å²) in [5.41, 5.74) is 0.371. The van der Waals surface area contributed by atoms with Crippen LogP contribution in [0.4, 0.5) is 0 Å². The largest absolute Gasteiger partial charge is 0.0885 e. The van der Waals surface area contributed by atoms with Crippen LogP contribution in [0.3, 0.4) is 0 Å². The second-order valence-corrected chi connectivity index (χ2v) is 5.68. The van der Waals surface area contributed by atoms with Crippen LogP contribution in [0.15, 0.2) is 48.6 Å². The maximum Gasteiger partial charge on any atom is 0.0130 e. The van der Waals surface area contributed by atoms with E-state index in [4.69, 9.17) is 0 Å². The quantitative estimate of drug-likeness (QED) is 0.593.